The van der Waals surface area contributed by atoms with Gasteiger partial charge in [0.25, 0.3) is 0 Å². The molecule has 7 nitrogen and oxygen atoms in total. The Morgan fingerprint density at radius 1 is 1.00 bits per heavy atom. The van der Waals surface area contributed by atoms with Gasteiger partial charge in [0, 0.05) is 46.5 Å². The first kappa shape index (κ1) is 15.0. The molecule has 0 bridgehead atoms. The number of nitrogens with zero attached hydrogens (tertiary/aromatic N) is 7. The standard InChI is InChI=1S/C16H19N7/c1-21(2)14-3-4-15(20-19-14)22-7-9-23(10-8-22)16-11-13(12-17)5-6-18-16/h3-6,11H,7-10H2,1-2H3. The highest BCUT2D eigenvalue weighted by Crippen LogP contribution is 2.18. The van der Waals surface area contributed by atoms with Crippen LogP contribution in [-0.4, -0.2) is 55.5 Å². The highest BCUT2D eigenvalue weighted by molar-refractivity contribution is 5.49. The minimum atomic E-state index is 0.641. The van der Waals surface area contributed by atoms with Gasteiger partial charge in [0.1, 0.15) is 5.82 Å². The van der Waals surface area contributed by atoms with Gasteiger partial charge in [-0.05, 0) is 24.3 Å². The van der Waals surface area contributed by atoms with E-state index in [1.807, 2.05) is 37.2 Å². The van der Waals surface area contributed by atoms with Crippen molar-refractivity contribution >= 4 is 17.5 Å². The van der Waals surface area contributed by atoms with E-state index in [0.29, 0.717) is 5.56 Å². The first-order valence-electron chi connectivity index (χ1n) is 7.54. The van der Waals surface area contributed by atoms with Gasteiger partial charge in [-0.15, -0.1) is 10.2 Å². The summed E-state index contributed by atoms with van der Waals surface area (Å²) in [5, 5.41) is 17.5. The van der Waals surface area contributed by atoms with Crippen LogP contribution in [0.1, 0.15) is 5.56 Å². The predicted molar refractivity (Wildman–Crippen MR) is 89.7 cm³/mol. The Bertz CT molecular complexity index is 697. The maximum absolute atomic E-state index is 8.99. The number of nitriles is 1. The number of piperazine rings is 1. The van der Waals surface area contributed by atoms with Gasteiger partial charge in [0.05, 0.1) is 11.6 Å². The summed E-state index contributed by atoms with van der Waals surface area (Å²) in [6.45, 7) is 3.40. The van der Waals surface area contributed by atoms with Gasteiger partial charge in [-0.25, -0.2) is 4.98 Å². The second kappa shape index (κ2) is 6.48. The van der Waals surface area contributed by atoms with Gasteiger partial charge >= 0.3 is 0 Å². The average Bonchev–Trinajstić information content (AvgIpc) is 2.62. The van der Waals surface area contributed by atoms with Crippen LogP contribution in [0.4, 0.5) is 17.5 Å². The second-order valence-corrected chi connectivity index (χ2v) is 5.63. The van der Waals surface area contributed by atoms with Crippen molar-refractivity contribution in [2.75, 3.05) is 55.0 Å². The summed E-state index contributed by atoms with van der Waals surface area (Å²) in [4.78, 5) is 10.7. The van der Waals surface area contributed by atoms with Crippen LogP contribution in [0.3, 0.4) is 0 Å². The minimum absolute atomic E-state index is 0.641. The molecule has 0 radical (unpaired) electrons. The summed E-state index contributed by atoms with van der Waals surface area (Å²) in [6.07, 6.45) is 1.69. The number of pyridine rings is 1. The molecule has 3 heterocycles. The largest absolute Gasteiger partial charge is 0.361 e. The Balaban J connectivity index is 1.65. The van der Waals surface area contributed by atoms with E-state index in [0.717, 1.165) is 43.6 Å². The quantitative estimate of drug-likeness (QED) is 0.841. The molecule has 7 heteroatoms. The lowest BCUT2D eigenvalue weighted by Crippen LogP contribution is -2.47. The lowest BCUT2D eigenvalue weighted by atomic mass is 10.2. The van der Waals surface area contributed by atoms with Crippen LogP contribution >= 0.6 is 0 Å². The van der Waals surface area contributed by atoms with Crippen LogP contribution in [0, 0.1) is 11.3 Å². The fourth-order valence-electron chi connectivity index (χ4n) is 2.55. The van der Waals surface area contributed by atoms with E-state index >= 15 is 0 Å². The Morgan fingerprint density at radius 2 is 1.70 bits per heavy atom. The molecule has 23 heavy (non-hydrogen) atoms. The molecule has 0 amide bonds. The van der Waals surface area contributed by atoms with Crippen LogP contribution in [-0.2, 0) is 0 Å². The zero-order valence-electron chi connectivity index (χ0n) is 13.3. The molecule has 1 aliphatic rings. The molecule has 1 aliphatic heterocycles. The third-order valence-electron chi connectivity index (χ3n) is 3.90. The van der Waals surface area contributed by atoms with Crippen molar-refractivity contribution in [1.82, 2.24) is 15.2 Å². The molecule has 0 saturated carbocycles. The number of anilines is 3. The Hall–Kier alpha value is -2.88. The van der Waals surface area contributed by atoms with Crippen molar-refractivity contribution in [3.8, 4) is 6.07 Å². The summed E-state index contributed by atoms with van der Waals surface area (Å²) < 4.78 is 0. The van der Waals surface area contributed by atoms with E-state index in [1.54, 1.807) is 12.3 Å². The number of hydrogen-bond donors (Lipinski definition) is 0. The van der Waals surface area contributed by atoms with Crippen molar-refractivity contribution in [2.45, 2.75) is 0 Å². The monoisotopic (exact) mass is 309 g/mol. The minimum Gasteiger partial charge on any atom is -0.361 e. The molecule has 1 saturated heterocycles. The molecule has 0 aliphatic carbocycles. The highest BCUT2D eigenvalue weighted by Gasteiger charge is 2.19. The average molecular weight is 309 g/mol. The van der Waals surface area contributed by atoms with Gasteiger partial charge in [0.2, 0.25) is 0 Å². The zero-order valence-corrected chi connectivity index (χ0v) is 13.3. The molecule has 2 aromatic heterocycles. The lowest BCUT2D eigenvalue weighted by molar-refractivity contribution is 0.638. The molecule has 0 unspecified atom stereocenters. The topological polar surface area (TPSA) is 72.2 Å². The number of rotatable bonds is 3. The van der Waals surface area contributed by atoms with Crippen molar-refractivity contribution in [1.29, 1.82) is 5.26 Å². The Labute approximate surface area is 135 Å². The van der Waals surface area contributed by atoms with E-state index in [1.165, 1.54) is 0 Å². The first-order valence-corrected chi connectivity index (χ1v) is 7.54. The van der Waals surface area contributed by atoms with Crippen molar-refractivity contribution in [3.63, 3.8) is 0 Å². The van der Waals surface area contributed by atoms with Gasteiger partial charge in [-0.2, -0.15) is 5.26 Å². The molecule has 1 fully saturated rings. The Kier molecular flexibility index (Phi) is 4.24. The van der Waals surface area contributed by atoms with Crippen LogP contribution in [0.2, 0.25) is 0 Å². The molecular formula is C16H19N7. The third kappa shape index (κ3) is 3.31. The maximum Gasteiger partial charge on any atom is 0.151 e. The van der Waals surface area contributed by atoms with Crippen molar-refractivity contribution < 1.29 is 0 Å². The van der Waals surface area contributed by atoms with Crippen LogP contribution in [0.5, 0.6) is 0 Å². The molecule has 0 aromatic carbocycles. The summed E-state index contributed by atoms with van der Waals surface area (Å²) in [7, 11) is 3.90. The highest BCUT2D eigenvalue weighted by atomic mass is 15.3. The molecule has 0 atom stereocenters. The van der Waals surface area contributed by atoms with E-state index in [9.17, 15) is 0 Å². The van der Waals surface area contributed by atoms with Crippen molar-refractivity contribution in [3.05, 3.63) is 36.0 Å². The van der Waals surface area contributed by atoms with Crippen LogP contribution < -0.4 is 14.7 Å². The van der Waals surface area contributed by atoms with Gasteiger partial charge < -0.3 is 14.7 Å². The third-order valence-corrected chi connectivity index (χ3v) is 3.90. The molecular weight excluding hydrogens is 290 g/mol. The fourth-order valence-corrected chi connectivity index (χ4v) is 2.55. The smallest absolute Gasteiger partial charge is 0.151 e. The van der Waals surface area contributed by atoms with Crippen molar-refractivity contribution in [2.24, 2.45) is 0 Å². The van der Waals surface area contributed by atoms with Crippen LogP contribution in [0.25, 0.3) is 0 Å². The zero-order chi connectivity index (χ0) is 16.2. The van der Waals surface area contributed by atoms with E-state index in [-0.39, 0.29) is 0 Å². The normalized spacial score (nSPS) is 14.5. The lowest BCUT2D eigenvalue weighted by Gasteiger charge is -2.35. The SMILES string of the molecule is CN(C)c1ccc(N2CCN(c3cc(C#N)ccn3)CC2)nn1. The van der Waals surface area contributed by atoms with Gasteiger partial charge in [-0.3, -0.25) is 0 Å². The van der Waals surface area contributed by atoms with E-state index in [2.05, 4.69) is 31.1 Å². The van der Waals surface area contributed by atoms with Crippen LogP contribution in [0.15, 0.2) is 30.5 Å². The summed E-state index contributed by atoms with van der Waals surface area (Å²) in [5.74, 6) is 2.61. The number of hydrogen-bond acceptors (Lipinski definition) is 7. The van der Waals surface area contributed by atoms with Gasteiger partial charge in [-0.1, -0.05) is 0 Å². The first-order chi connectivity index (χ1) is 11.2. The molecule has 0 N–H and O–H groups in total. The summed E-state index contributed by atoms with van der Waals surface area (Å²) in [6, 6.07) is 9.70. The predicted octanol–water partition coefficient (Wildman–Crippen LogP) is 1.14. The maximum atomic E-state index is 8.99. The molecule has 118 valence electrons. The molecule has 3 rings (SSSR count). The van der Waals surface area contributed by atoms with E-state index in [4.69, 9.17) is 5.26 Å². The van der Waals surface area contributed by atoms with E-state index < -0.39 is 0 Å². The summed E-state index contributed by atoms with van der Waals surface area (Å²) >= 11 is 0. The fraction of sp³-hybridized carbons (Fsp3) is 0.375. The summed E-state index contributed by atoms with van der Waals surface area (Å²) in [5.41, 5.74) is 0.641. The van der Waals surface area contributed by atoms with Gasteiger partial charge in [0.15, 0.2) is 11.6 Å². The molecule has 0 spiro atoms. The second-order valence-electron chi connectivity index (χ2n) is 5.63. The number of aromatic nitrogens is 3. The Morgan fingerprint density at radius 3 is 2.26 bits per heavy atom. The molecule has 2 aromatic rings.